The quantitative estimate of drug-likeness (QED) is 0.832. The van der Waals surface area contributed by atoms with E-state index in [0.29, 0.717) is 0 Å². The number of amides is 1. The first-order chi connectivity index (χ1) is 9.18. The summed E-state index contributed by atoms with van der Waals surface area (Å²) in [5.74, 6) is -0.757. The van der Waals surface area contributed by atoms with E-state index in [4.69, 9.17) is 5.26 Å². The number of rotatable bonds is 3. The zero-order valence-corrected chi connectivity index (χ0v) is 12.4. The van der Waals surface area contributed by atoms with Crippen LogP contribution in [0.2, 0.25) is 0 Å². The van der Waals surface area contributed by atoms with Gasteiger partial charge in [0.1, 0.15) is 0 Å². The molecule has 1 amide bonds. The van der Waals surface area contributed by atoms with Gasteiger partial charge in [0.2, 0.25) is 0 Å². The minimum Gasteiger partial charge on any atom is -0.338 e. The summed E-state index contributed by atoms with van der Waals surface area (Å²) in [5, 5.41) is 8.58. The Bertz CT molecular complexity index is 552. The van der Waals surface area contributed by atoms with Gasteiger partial charge in [0.15, 0.2) is 0 Å². The summed E-state index contributed by atoms with van der Waals surface area (Å²) in [6, 6.07) is 4.81. The average molecular weight is 349 g/mol. The second-order valence-corrected chi connectivity index (χ2v) is 5.23. The molecule has 0 saturated carbocycles. The van der Waals surface area contributed by atoms with Crippen LogP contribution < -0.4 is 0 Å². The van der Waals surface area contributed by atoms with Crippen LogP contribution in [0.25, 0.3) is 0 Å². The van der Waals surface area contributed by atoms with Gasteiger partial charge in [-0.1, -0.05) is 15.9 Å². The molecule has 0 fully saturated rings. The molecule has 1 aromatic rings. The summed E-state index contributed by atoms with van der Waals surface area (Å²) < 4.78 is 39.1. The summed E-state index contributed by atoms with van der Waals surface area (Å²) in [5.41, 5.74) is -1.42. The van der Waals surface area contributed by atoms with Crippen molar-refractivity contribution in [1.82, 2.24) is 4.90 Å². The number of hydrogen-bond acceptors (Lipinski definition) is 2. The van der Waals surface area contributed by atoms with Crippen LogP contribution in [0, 0.1) is 11.3 Å². The van der Waals surface area contributed by atoms with Gasteiger partial charge < -0.3 is 4.90 Å². The van der Waals surface area contributed by atoms with Crippen molar-refractivity contribution >= 4 is 21.8 Å². The zero-order chi connectivity index (χ0) is 15.5. The maximum Gasteiger partial charge on any atom is 0.417 e. The van der Waals surface area contributed by atoms with Crippen molar-refractivity contribution in [3.05, 3.63) is 33.8 Å². The molecule has 1 aromatic carbocycles. The second kappa shape index (κ2) is 6.27. The molecule has 0 heterocycles. The number of carbonyl (C=O) groups is 1. The molecule has 0 aliphatic heterocycles. The van der Waals surface area contributed by atoms with E-state index in [9.17, 15) is 18.0 Å². The molecule has 0 radical (unpaired) electrons. The van der Waals surface area contributed by atoms with Gasteiger partial charge in [-0.15, -0.1) is 0 Å². The van der Waals surface area contributed by atoms with Crippen LogP contribution in [0.3, 0.4) is 0 Å². The highest BCUT2D eigenvalue weighted by Gasteiger charge is 2.36. The molecule has 0 N–H and O–H groups in total. The summed E-state index contributed by atoms with van der Waals surface area (Å²) in [7, 11) is 1.38. The van der Waals surface area contributed by atoms with Gasteiger partial charge in [-0.05, 0) is 25.1 Å². The van der Waals surface area contributed by atoms with Crippen LogP contribution in [0.5, 0.6) is 0 Å². The third kappa shape index (κ3) is 3.73. The molecule has 1 rings (SSSR count). The van der Waals surface area contributed by atoms with Gasteiger partial charge in [0.25, 0.3) is 5.91 Å². The molecule has 1 unspecified atom stereocenters. The monoisotopic (exact) mass is 348 g/mol. The molecule has 0 saturated heterocycles. The lowest BCUT2D eigenvalue weighted by Gasteiger charge is -2.24. The van der Waals surface area contributed by atoms with Gasteiger partial charge >= 0.3 is 6.18 Å². The zero-order valence-electron chi connectivity index (χ0n) is 10.8. The predicted octanol–water partition coefficient (Wildman–Crippen LogP) is 3.84. The summed E-state index contributed by atoms with van der Waals surface area (Å²) in [4.78, 5) is 13.3. The molecule has 7 heteroatoms. The van der Waals surface area contributed by atoms with Crippen LogP contribution in [0.4, 0.5) is 13.2 Å². The van der Waals surface area contributed by atoms with E-state index < -0.39 is 29.3 Å². The van der Waals surface area contributed by atoms with E-state index in [0.717, 1.165) is 17.0 Å². The molecule has 0 aromatic heterocycles. The van der Waals surface area contributed by atoms with Crippen molar-refractivity contribution in [1.29, 1.82) is 5.26 Å². The van der Waals surface area contributed by atoms with Gasteiger partial charge in [-0.3, -0.25) is 4.79 Å². The van der Waals surface area contributed by atoms with E-state index in [1.165, 1.54) is 13.1 Å². The lowest BCUT2D eigenvalue weighted by Crippen LogP contribution is -2.36. The molecular formula is C13H12BrF3N2O. The number of carbonyl (C=O) groups excluding carboxylic acids is 1. The number of hydrogen-bond donors (Lipinski definition) is 0. The fourth-order valence-corrected chi connectivity index (χ4v) is 1.96. The Morgan fingerprint density at radius 2 is 2.10 bits per heavy atom. The fraction of sp³-hybridized carbons (Fsp3) is 0.385. The molecule has 0 spiro atoms. The molecule has 0 bridgehead atoms. The standard InChI is InChI=1S/C13H12BrF3N2O/c1-8(5-6-18)19(2)12(20)10-4-3-9(14)7-11(10)13(15,16)17/h3-4,7-8H,5H2,1-2H3. The van der Waals surface area contributed by atoms with Gasteiger partial charge in [0.05, 0.1) is 23.6 Å². The Morgan fingerprint density at radius 3 is 2.60 bits per heavy atom. The van der Waals surface area contributed by atoms with E-state index in [1.807, 2.05) is 6.07 Å². The normalized spacial score (nSPS) is 12.7. The van der Waals surface area contributed by atoms with Crippen LogP contribution in [0.15, 0.2) is 22.7 Å². The van der Waals surface area contributed by atoms with E-state index >= 15 is 0 Å². The molecule has 0 aliphatic carbocycles. The second-order valence-electron chi connectivity index (χ2n) is 4.31. The number of alkyl halides is 3. The van der Waals surface area contributed by atoms with E-state index in [1.54, 1.807) is 6.92 Å². The van der Waals surface area contributed by atoms with E-state index in [-0.39, 0.29) is 10.9 Å². The van der Waals surface area contributed by atoms with Crippen molar-refractivity contribution < 1.29 is 18.0 Å². The smallest absolute Gasteiger partial charge is 0.338 e. The molecular weight excluding hydrogens is 337 g/mol. The van der Waals surface area contributed by atoms with Crippen molar-refractivity contribution in [2.45, 2.75) is 25.6 Å². The minimum absolute atomic E-state index is 0.0557. The highest BCUT2D eigenvalue weighted by Crippen LogP contribution is 2.34. The Balaban J connectivity index is 3.20. The minimum atomic E-state index is -4.62. The van der Waals surface area contributed by atoms with Crippen LogP contribution in [-0.2, 0) is 6.18 Å². The summed E-state index contributed by atoms with van der Waals surface area (Å²) >= 11 is 2.96. The summed E-state index contributed by atoms with van der Waals surface area (Å²) in [6.45, 7) is 1.60. The summed E-state index contributed by atoms with van der Waals surface area (Å²) in [6.07, 6.45) is -4.56. The fourth-order valence-electron chi connectivity index (χ4n) is 1.60. The third-order valence-corrected chi connectivity index (χ3v) is 3.38. The van der Waals surface area contributed by atoms with Crippen molar-refractivity contribution in [3.8, 4) is 6.07 Å². The Hall–Kier alpha value is -1.55. The van der Waals surface area contributed by atoms with Crippen molar-refractivity contribution in [2.24, 2.45) is 0 Å². The van der Waals surface area contributed by atoms with Crippen LogP contribution in [0.1, 0.15) is 29.3 Å². The number of nitriles is 1. The lowest BCUT2D eigenvalue weighted by atomic mass is 10.0. The number of halogens is 4. The van der Waals surface area contributed by atoms with Gasteiger partial charge in [-0.25, -0.2) is 0 Å². The van der Waals surface area contributed by atoms with Crippen molar-refractivity contribution in [2.75, 3.05) is 7.05 Å². The SMILES string of the molecule is CC(CC#N)N(C)C(=O)c1ccc(Br)cc1C(F)(F)F. The first-order valence-electron chi connectivity index (χ1n) is 5.69. The molecule has 3 nitrogen and oxygen atoms in total. The molecule has 20 heavy (non-hydrogen) atoms. The number of benzene rings is 1. The lowest BCUT2D eigenvalue weighted by molar-refractivity contribution is -0.138. The Morgan fingerprint density at radius 1 is 1.50 bits per heavy atom. The molecule has 108 valence electrons. The van der Waals surface area contributed by atoms with Crippen LogP contribution >= 0.6 is 15.9 Å². The van der Waals surface area contributed by atoms with E-state index in [2.05, 4.69) is 15.9 Å². The average Bonchev–Trinajstić information content (AvgIpc) is 2.36. The Labute approximate surface area is 123 Å². The molecule has 1 atom stereocenters. The maximum atomic E-state index is 13.0. The predicted molar refractivity (Wildman–Crippen MR) is 70.9 cm³/mol. The number of nitrogens with zero attached hydrogens (tertiary/aromatic N) is 2. The van der Waals surface area contributed by atoms with Crippen molar-refractivity contribution in [3.63, 3.8) is 0 Å². The highest BCUT2D eigenvalue weighted by atomic mass is 79.9. The van der Waals surface area contributed by atoms with Crippen LogP contribution in [-0.4, -0.2) is 23.9 Å². The van der Waals surface area contributed by atoms with Gasteiger partial charge in [-0.2, -0.15) is 18.4 Å². The first kappa shape index (κ1) is 16.5. The molecule has 0 aliphatic rings. The van der Waals surface area contributed by atoms with Gasteiger partial charge in [0, 0.05) is 17.6 Å². The third-order valence-electron chi connectivity index (χ3n) is 2.89. The topological polar surface area (TPSA) is 44.1 Å². The first-order valence-corrected chi connectivity index (χ1v) is 6.48. The Kier molecular flexibility index (Phi) is 5.17. The maximum absolute atomic E-state index is 13.0. The highest BCUT2D eigenvalue weighted by molar-refractivity contribution is 9.10. The largest absolute Gasteiger partial charge is 0.417 e.